The first kappa shape index (κ1) is 48.5. The van der Waals surface area contributed by atoms with Crippen LogP contribution in [0.5, 0.6) is 0 Å². The molecule has 294 valence electrons. The molecule has 2 unspecified atom stereocenters. The van der Waals surface area contributed by atoms with Gasteiger partial charge < -0.3 is 14.6 Å². The molecule has 2 atom stereocenters. The Morgan fingerprint density at radius 1 is 0.520 bits per heavy atom. The van der Waals surface area contributed by atoms with Gasteiger partial charge >= 0.3 is 11.9 Å². The number of esters is 2. The molecule has 0 saturated heterocycles. The number of aliphatic hydroxyl groups is 1. The molecule has 0 aromatic rings. The molecule has 0 amide bonds. The highest BCUT2D eigenvalue weighted by Crippen LogP contribution is 2.28. The first-order valence-corrected chi connectivity index (χ1v) is 21.5. The average Bonchev–Trinajstić information content (AvgIpc) is 3.08. The van der Waals surface area contributed by atoms with Gasteiger partial charge in [-0.25, -0.2) is 0 Å². The third-order valence-corrected chi connectivity index (χ3v) is 10.5. The SMILES string of the molecule is CCCCCCCC#CCOC(=O)C(C)(C)CCCCCC(O)CCCCCC(C)(C)C(=O)OCCCC(CCCCC)CCCCCCC. The van der Waals surface area contributed by atoms with Crippen LogP contribution in [0.4, 0.5) is 0 Å². The zero-order valence-corrected chi connectivity index (χ0v) is 34.4. The van der Waals surface area contributed by atoms with E-state index in [2.05, 4.69) is 32.6 Å². The van der Waals surface area contributed by atoms with Crippen molar-refractivity contribution < 1.29 is 24.2 Å². The minimum Gasteiger partial charge on any atom is -0.465 e. The van der Waals surface area contributed by atoms with Gasteiger partial charge in [-0.15, -0.1) is 0 Å². The summed E-state index contributed by atoms with van der Waals surface area (Å²) < 4.78 is 11.2. The van der Waals surface area contributed by atoms with E-state index in [-0.39, 0.29) is 24.6 Å². The maximum Gasteiger partial charge on any atom is 0.312 e. The summed E-state index contributed by atoms with van der Waals surface area (Å²) in [6.45, 7) is 15.4. The van der Waals surface area contributed by atoms with Crippen molar-refractivity contribution in [3.05, 3.63) is 0 Å². The topological polar surface area (TPSA) is 72.8 Å². The van der Waals surface area contributed by atoms with Crippen LogP contribution in [0.25, 0.3) is 0 Å². The van der Waals surface area contributed by atoms with Gasteiger partial charge in [-0.1, -0.05) is 161 Å². The molecule has 1 N–H and O–H groups in total. The molecule has 0 aromatic heterocycles. The summed E-state index contributed by atoms with van der Waals surface area (Å²) in [5.41, 5.74) is -0.968. The lowest BCUT2D eigenvalue weighted by Crippen LogP contribution is -2.27. The highest BCUT2D eigenvalue weighted by molar-refractivity contribution is 5.76. The molecule has 50 heavy (non-hydrogen) atoms. The second kappa shape index (κ2) is 32.1. The highest BCUT2D eigenvalue weighted by Gasteiger charge is 2.29. The number of ether oxygens (including phenoxy) is 2. The van der Waals surface area contributed by atoms with Crippen LogP contribution < -0.4 is 0 Å². The van der Waals surface area contributed by atoms with E-state index < -0.39 is 10.8 Å². The van der Waals surface area contributed by atoms with E-state index in [1.165, 1.54) is 96.3 Å². The number of carbonyl (C=O) groups excluding carboxylic acids is 2. The molecule has 0 rings (SSSR count). The first-order chi connectivity index (χ1) is 24.0. The lowest BCUT2D eigenvalue weighted by atomic mass is 9.86. The van der Waals surface area contributed by atoms with Crippen LogP contribution in [-0.4, -0.2) is 36.4 Å². The van der Waals surface area contributed by atoms with Crippen LogP contribution in [0.1, 0.15) is 228 Å². The summed E-state index contributed by atoms with van der Waals surface area (Å²) in [4.78, 5) is 25.4. The van der Waals surface area contributed by atoms with Crippen molar-refractivity contribution in [1.82, 2.24) is 0 Å². The van der Waals surface area contributed by atoms with Crippen molar-refractivity contribution in [2.24, 2.45) is 16.7 Å². The van der Waals surface area contributed by atoms with Gasteiger partial charge in [-0.05, 0) is 78.6 Å². The quantitative estimate of drug-likeness (QED) is 0.0410. The fourth-order valence-electron chi connectivity index (χ4n) is 6.73. The maximum absolute atomic E-state index is 12.9. The van der Waals surface area contributed by atoms with Crippen LogP contribution >= 0.6 is 0 Å². The average molecular weight is 705 g/mol. The van der Waals surface area contributed by atoms with E-state index in [4.69, 9.17) is 9.47 Å². The second-order valence-electron chi connectivity index (χ2n) is 16.6. The molecule has 0 aliphatic rings. The van der Waals surface area contributed by atoms with E-state index >= 15 is 0 Å². The predicted octanol–water partition coefficient (Wildman–Crippen LogP) is 13.1. The number of aliphatic hydroxyl groups excluding tert-OH is 1. The number of rotatable bonds is 34. The van der Waals surface area contributed by atoms with Crippen molar-refractivity contribution in [2.75, 3.05) is 13.2 Å². The molecular weight excluding hydrogens is 620 g/mol. The Bertz CT molecular complexity index is 866. The third-order valence-electron chi connectivity index (χ3n) is 10.5. The molecule has 0 bridgehead atoms. The Balaban J connectivity index is 4.05. The Morgan fingerprint density at radius 2 is 0.940 bits per heavy atom. The van der Waals surface area contributed by atoms with E-state index in [0.717, 1.165) is 89.4 Å². The number of hydrogen-bond donors (Lipinski definition) is 1. The zero-order valence-electron chi connectivity index (χ0n) is 34.4. The molecule has 0 aromatic carbocycles. The van der Waals surface area contributed by atoms with Gasteiger partial charge in [0.15, 0.2) is 6.61 Å². The van der Waals surface area contributed by atoms with Crippen LogP contribution in [0, 0.1) is 28.6 Å². The Morgan fingerprint density at radius 3 is 1.50 bits per heavy atom. The van der Waals surface area contributed by atoms with E-state index in [1.807, 2.05) is 27.7 Å². The largest absolute Gasteiger partial charge is 0.465 e. The van der Waals surface area contributed by atoms with Gasteiger partial charge in [0.25, 0.3) is 0 Å². The fourth-order valence-corrected chi connectivity index (χ4v) is 6.73. The van der Waals surface area contributed by atoms with Crippen LogP contribution in [0.15, 0.2) is 0 Å². The predicted molar refractivity (Wildman–Crippen MR) is 213 cm³/mol. The van der Waals surface area contributed by atoms with E-state index in [9.17, 15) is 14.7 Å². The van der Waals surface area contributed by atoms with Gasteiger partial charge in [0.05, 0.1) is 23.5 Å². The van der Waals surface area contributed by atoms with E-state index in [0.29, 0.717) is 6.61 Å². The molecule has 5 nitrogen and oxygen atoms in total. The molecule has 0 aliphatic heterocycles. The smallest absolute Gasteiger partial charge is 0.312 e. The van der Waals surface area contributed by atoms with Gasteiger partial charge in [-0.3, -0.25) is 9.59 Å². The summed E-state index contributed by atoms with van der Waals surface area (Å²) in [5, 5.41) is 10.5. The first-order valence-electron chi connectivity index (χ1n) is 21.5. The van der Waals surface area contributed by atoms with Gasteiger partial charge in [0.2, 0.25) is 0 Å². The molecule has 5 heteroatoms. The highest BCUT2D eigenvalue weighted by atomic mass is 16.5. The summed E-state index contributed by atoms with van der Waals surface area (Å²) in [6.07, 6.45) is 31.3. The summed E-state index contributed by atoms with van der Waals surface area (Å²) in [6, 6.07) is 0. The summed E-state index contributed by atoms with van der Waals surface area (Å²) >= 11 is 0. The minimum atomic E-state index is -0.509. The van der Waals surface area contributed by atoms with Gasteiger partial charge in [0.1, 0.15) is 0 Å². The Kier molecular flexibility index (Phi) is 31.1. The van der Waals surface area contributed by atoms with Crippen molar-refractivity contribution in [3.8, 4) is 11.8 Å². The summed E-state index contributed by atoms with van der Waals surface area (Å²) in [5.74, 6) is 6.66. The van der Waals surface area contributed by atoms with Crippen LogP contribution in [-0.2, 0) is 19.1 Å². The number of unbranched alkanes of at least 4 members (excludes halogenated alkanes) is 15. The second-order valence-corrected chi connectivity index (χ2v) is 16.6. The normalized spacial score (nSPS) is 13.0. The van der Waals surface area contributed by atoms with Crippen molar-refractivity contribution >= 4 is 11.9 Å². The summed E-state index contributed by atoms with van der Waals surface area (Å²) in [7, 11) is 0. The number of carbonyl (C=O) groups is 2. The maximum atomic E-state index is 12.9. The monoisotopic (exact) mass is 705 g/mol. The third kappa shape index (κ3) is 28.1. The molecule has 0 heterocycles. The van der Waals surface area contributed by atoms with Gasteiger partial charge in [0, 0.05) is 6.42 Å². The molecule has 0 spiro atoms. The minimum absolute atomic E-state index is 0.0618. The molecule has 0 aliphatic carbocycles. The van der Waals surface area contributed by atoms with Crippen molar-refractivity contribution in [1.29, 1.82) is 0 Å². The van der Waals surface area contributed by atoms with Gasteiger partial charge in [-0.2, -0.15) is 0 Å². The van der Waals surface area contributed by atoms with Crippen LogP contribution in [0.2, 0.25) is 0 Å². The Labute approximate surface area is 311 Å². The lowest BCUT2D eigenvalue weighted by Gasteiger charge is -2.23. The molecular formula is C45H84O5. The molecule has 0 saturated carbocycles. The zero-order chi connectivity index (χ0) is 37.4. The standard InChI is InChI=1S/C45H84O5/c1-8-11-14-16-17-18-20-29-38-49-42(47)44(4,5)36-27-21-25-34-41(46)35-26-22-28-37-45(6,7)43(48)50-39-30-33-40(31-23-13-10-3)32-24-19-15-12-9-2/h40-41,46H,8-19,21-28,30-39H2,1-7H3. The Hall–Kier alpha value is -1.54. The van der Waals surface area contributed by atoms with Crippen LogP contribution in [0.3, 0.4) is 0 Å². The van der Waals surface area contributed by atoms with E-state index in [1.54, 1.807) is 0 Å². The molecule has 0 radical (unpaired) electrons. The fraction of sp³-hybridized carbons (Fsp3) is 0.911. The number of hydrogen-bond acceptors (Lipinski definition) is 5. The van der Waals surface area contributed by atoms with Crippen molar-refractivity contribution in [2.45, 2.75) is 234 Å². The molecule has 0 fully saturated rings. The lowest BCUT2D eigenvalue weighted by molar-refractivity contribution is -0.154. The van der Waals surface area contributed by atoms with Crippen molar-refractivity contribution in [3.63, 3.8) is 0 Å².